The Labute approximate surface area is 80.5 Å². The van der Waals surface area contributed by atoms with Crippen LogP contribution in [0.15, 0.2) is 35.3 Å². The SMILES string of the molecule is CCC(CC)=NCc1ccccc1. The number of rotatable bonds is 4. The first-order chi connectivity index (χ1) is 6.36. The van der Waals surface area contributed by atoms with E-state index in [0.717, 1.165) is 19.4 Å². The predicted octanol–water partition coefficient (Wildman–Crippen LogP) is 3.45. The first kappa shape index (κ1) is 9.97. The zero-order valence-electron chi connectivity index (χ0n) is 8.46. The van der Waals surface area contributed by atoms with E-state index < -0.39 is 0 Å². The maximum absolute atomic E-state index is 4.55. The molecule has 1 heteroatoms. The smallest absolute Gasteiger partial charge is 0.0639 e. The van der Waals surface area contributed by atoms with Crippen LogP contribution in [0.3, 0.4) is 0 Å². The summed E-state index contributed by atoms with van der Waals surface area (Å²) in [6, 6.07) is 10.4. The third kappa shape index (κ3) is 3.41. The minimum absolute atomic E-state index is 0.831. The largest absolute Gasteiger partial charge is 0.289 e. The fourth-order valence-electron chi connectivity index (χ4n) is 1.26. The van der Waals surface area contributed by atoms with Gasteiger partial charge in [0.2, 0.25) is 0 Å². The number of hydrogen-bond acceptors (Lipinski definition) is 1. The van der Waals surface area contributed by atoms with Crippen molar-refractivity contribution < 1.29 is 0 Å². The highest BCUT2D eigenvalue weighted by Gasteiger charge is 1.92. The summed E-state index contributed by atoms with van der Waals surface area (Å²) in [5.74, 6) is 0. The quantitative estimate of drug-likeness (QED) is 0.621. The lowest BCUT2D eigenvalue weighted by atomic mass is 10.2. The second-order valence-corrected chi connectivity index (χ2v) is 3.08. The Balaban J connectivity index is 2.55. The maximum atomic E-state index is 4.55. The fraction of sp³-hybridized carbons (Fsp3) is 0.417. The molecule has 1 nitrogen and oxygen atoms in total. The zero-order valence-corrected chi connectivity index (χ0v) is 8.46. The molecule has 0 aromatic heterocycles. The number of nitrogens with zero attached hydrogens (tertiary/aromatic N) is 1. The van der Waals surface area contributed by atoms with Gasteiger partial charge in [0.05, 0.1) is 6.54 Å². The van der Waals surface area contributed by atoms with Gasteiger partial charge in [-0.1, -0.05) is 44.2 Å². The summed E-state index contributed by atoms with van der Waals surface area (Å²) in [5.41, 5.74) is 2.60. The van der Waals surface area contributed by atoms with Gasteiger partial charge in [0.15, 0.2) is 0 Å². The second kappa shape index (κ2) is 5.52. The fourth-order valence-corrected chi connectivity index (χ4v) is 1.26. The molecule has 0 aliphatic heterocycles. The molecule has 0 heterocycles. The zero-order chi connectivity index (χ0) is 9.52. The van der Waals surface area contributed by atoms with Crippen molar-refractivity contribution in [1.82, 2.24) is 0 Å². The van der Waals surface area contributed by atoms with Gasteiger partial charge < -0.3 is 0 Å². The van der Waals surface area contributed by atoms with Crippen LogP contribution < -0.4 is 0 Å². The molecular weight excluding hydrogens is 158 g/mol. The lowest BCUT2D eigenvalue weighted by molar-refractivity contribution is 1.02. The Bertz CT molecular complexity index is 256. The summed E-state index contributed by atoms with van der Waals surface area (Å²) in [6.07, 6.45) is 2.15. The first-order valence-corrected chi connectivity index (χ1v) is 4.93. The summed E-state index contributed by atoms with van der Waals surface area (Å²) in [5, 5.41) is 0. The Morgan fingerprint density at radius 1 is 1.08 bits per heavy atom. The Morgan fingerprint density at radius 3 is 2.23 bits per heavy atom. The summed E-state index contributed by atoms with van der Waals surface area (Å²) >= 11 is 0. The number of hydrogen-bond donors (Lipinski definition) is 0. The molecule has 1 aromatic rings. The molecule has 0 aliphatic rings. The van der Waals surface area contributed by atoms with E-state index in [9.17, 15) is 0 Å². The summed E-state index contributed by atoms with van der Waals surface area (Å²) in [4.78, 5) is 4.55. The van der Waals surface area contributed by atoms with Crippen molar-refractivity contribution in [1.29, 1.82) is 0 Å². The molecule has 0 atom stereocenters. The van der Waals surface area contributed by atoms with Crippen molar-refractivity contribution in [2.24, 2.45) is 4.99 Å². The monoisotopic (exact) mass is 175 g/mol. The molecule has 0 saturated heterocycles. The lowest BCUT2D eigenvalue weighted by Crippen LogP contribution is -1.94. The standard InChI is InChI=1S/C12H17N/c1-3-12(4-2)13-10-11-8-6-5-7-9-11/h5-9H,3-4,10H2,1-2H3. The van der Waals surface area contributed by atoms with Gasteiger partial charge in [0.25, 0.3) is 0 Å². The van der Waals surface area contributed by atoms with Crippen molar-refractivity contribution in [3.05, 3.63) is 35.9 Å². The third-order valence-corrected chi connectivity index (χ3v) is 2.14. The van der Waals surface area contributed by atoms with Crippen LogP contribution in [-0.2, 0) is 6.54 Å². The van der Waals surface area contributed by atoms with Gasteiger partial charge >= 0.3 is 0 Å². The van der Waals surface area contributed by atoms with Gasteiger partial charge in [-0.15, -0.1) is 0 Å². The van der Waals surface area contributed by atoms with E-state index in [0.29, 0.717) is 0 Å². The normalized spacial score (nSPS) is 9.69. The minimum atomic E-state index is 0.831. The molecule has 0 saturated carbocycles. The minimum Gasteiger partial charge on any atom is -0.289 e. The number of aliphatic imine (C=N–C) groups is 1. The van der Waals surface area contributed by atoms with Crippen LogP contribution in [0.5, 0.6) is 0 Å². The summed E-state index contributed by atoms with van der Waals surface area (Å²) < 4.78 is 0. The molecule has 13 heavy (non-hydrogen) atoms. The molecule has 0 radical (unpaired) electrons. The van der Waals surface area contributed by atoms with E-state index in [4.69, 9.17) is 0 Å². The van der Waals surface area contributed by atoms with Crippen LogP contribution in [0.4, 0.5) is 0 Å². The molecule has 0 spiro atoms. The van der Waals surface area contributed by atoms with E-state index >= 15 is 0 Å². The van der Waals surface area contributed by atoms with Gasteiger partial charge in [0.1, 0.15) is 0 Å². The Kier molecular flexibility index (Phi) is 4.24. The van der Waals surface area contributed by atoms with Gasteiger partial charge in [-0.2, -0.15) is 0 Å². The van der Waals surface area contributed by atoms with Gasteiger partial charge in [-0.05, 0) is 18.4 Å². The van der Waals surface area contributed by atoms with Crippen LogP contribution in [-0.4, -0.2) is 5.71 Å². The van der Waals surface area contributed by atoms with Gasteiger partial charge in [0, 0.05) is 5.71 Å². The first-order valence-electron chi connectivity index (χ1n) is 4.93. The van der Waals surface area contributed by atoms with Crippen molar-refractivity contribution in [2.75, 3.05) is 0 Å². The summed E-state index contributed by atoms with van der Waals surface area (Å²) in [7, 11) is 0. The number of benzene rings is 1. The molecular formula is C12H17N. The van der Waals surface area contributed by atoms with E-state index in [1.807, 2.05) is 6.07 Å². The molecule has 0 fully saturated rings. The predicted molar refractivity (Wildman–Crippen MR) is 58.2 cm³/mol. The van der Waals surface area contributed by atoms with E-state index in [-0.39, 0.29) is 0 Å². The highest BCUT2D eigenvalue weighted by atomic mass is 14.7. The molecule has 70 valence electrons. The highest BCUT2D eigenvalue weighted by molar-refractivity contribution is 5.83. The molecule has 0 unspecified atom stereocenters. The Morgan fingerprint density at radius 2 is 1.69 bits per heavy atom. The molecule has 0 aliphatic carbocycles. The van der Waals surface area contributed by atoms with E-state index in [1.165, 1.54) is 11.3 Å². The maximum Gasteiger partial charge on any atom is 0.0639 e. The van der Waals surface area contributed by atoms with Crippen LogP contribution >= 0.6 is 0 Å². The van der Waals surface area contributed by atoms with Crippen LogP contribution in [0, 0.1) is 0 Å². The van der Waals surface area contributed by atoms with Crippen LogP contribution in [0.1, 0.15) is 32.3 Å². The topological polar surface area (TPSA) is 12.4 Å². The summed E-state index contributed by atoms with van der Waals surface area (Å²) in [6.45, 7) is 5.15. The molecule has 0 N–H and O–H groups in total. The molecule has 1 rings (SSSR count). The molecule has 0 bridgehead atoms. The van der Waals surface area contributed by atoms with Crippen LogP contribution in [0.2, 0.25) is 0 Å². The average Bonchev–Trinajstić information content (AvgIpc) is 2.21. The lowest BCUT2D eigenvalue weighted by Gasteiger charge is -2.00. The van der Waals surface area contributed by atoms with Gasteiger partial charge in [-0.3, -0.25) is 4.99 Å². The van der Waals surface area contributed by atoms with Crippen molar-refractivity contribution in [3.8, 4) is 0 Å². The molecule has 1 aromatic carbocycles. The van der Waals surface area contributed by atoms with Crippen molar-refractivity contribution in [3.63, 3.8) is 0 Å². The highest BCUT2D eigenvalue weighted by Crippen LogP contribution is 2.02. The van der Waals surface area contributed by atoms with Gasteiger partial charge in [-0.25, -0.2) is 0 Å². The second-order valence-electron chi connectivity index (χ2n) is 3.08. The molecule has 0 amide bonds. The third-order valence-electron chi connectivity index (χ3n) is 2.14. The Hall–Kier alpha value is -1.11. The van der Waals surface area contributed by atoms with E-state index in [2.05, 4.69) is 43.1 Å². The van der Waals surface area contributed by atoms with Crippen molar-refractivity contribution in [2.45, 2.75) is 33.2 Å². The average molecular weight is 175 g/mol. The van der Waals surface area contributed by atoms with Crippen molar-refractivity contribution >= 4 is 5.71 Å². The van der Waals surface area contributed by atoms with Crippen LogP contribution in [0.25, 0.3) is 0 Å². The van der Waals surface area contributed by atoms with E-state index in [1.54, 1.807) is 0 Å².